The Morgan fingerprint density at radius 1 is 1.00 bits per heavy atom. The van der Waals surface area contributed by atoms with E-state index in [0.29, 0.717) is 12.3 Å². The highest BCUT2D eigenvalue weighted by molar-refractivity contribution is 5.72. The summed E-state index contributed by atoms with van der Waals surface area (Å²) in [5, 5.41) is 0. The highest BCUT2D eigenvalue weighted by atomic mass is 16.5. The van der Waals surface area contributed by atoms with Crippen molar-refractivity contribution in [2.24, 2.45) is 17.8 Å². The molecule has 4 unspecified atom stereocenters. The predicted molar refractivity (Wildman–Crippen MR) is 52.7 cm³/mol. The largest absolute Gasteiger partial charge is 0.462 e. The second kappa shape index (κ2) is 3.25. The summed E-state index contributed by atoms with van der Waals surface area (Å²) in [7, 11) is 0. The third-order valence-corrected chi connectivity index (χ3v) is 4.48. The summed E-state index contributed by atoms with van der Waals surface area (Å²) >= 11 is 0. The van der Waals surface area contributed by atoms with Gasteiger partial charge in [0.05, 0.1) is 6.42 Å². The minimum absolute atomic E-state index is 0.0523. The smallest absolute Gasteiger partial charge is 0.306 e. The molecule has 0 aromatic heterocycles. The molecule has 0 amide bonds. The van der Waals surface area contributed by atoms with Crippen molar-refractivity contribution in [3.05, 3.63) is 0 Å². The quantitative estimate of drug-likeness (QED) is 0.554. The Balaban J connectivity index is 1.75. The van der Waals surface area contributed by atoms with Crippen LogP contribution in [0, 0.1) is 17.8 Å². The number of rotatable bonds is 0. The Kier molecular flexibility index (Phi) is 2.03. The van der Waals surface area contributed by atoms with Gasteiger partial charge in [-0.15, -0.1) is 0 Å². The molecule has 0 N–H and O–H groups in total. The molecule has 14 heavy (non-hydrogen) atoms. The monoisotopic (exact) mass is 194 g/mol. The summed E-state index contributed by atoms with van der Waals surface area (Å²) in [6.45, 7) is 0. The first kappa shape index (κ1) is 8.75. The van der Waals surface area contributed by atoms with Gasteiger partial charge in [-0.1, -0.05) is 19.3 Å². The lowest BCUT2D eigenvalue weighted by molar-refractivity contribution is -0.141. The number of carbonyl (C=O) groups excluding carboxylic acids is 1. The minimum atomic E-state index is 0.0523. The first-order valence-corrected chi connectivity index (χ1v) is 6.02. The van der Waals surface area contributed by atoms with Gasteiger partial charge in [0, 0.05) is 5.92 Å². The fraction of sp³-hybridized carbons (Fsp3) is 0.917. The van der Waals surface area contributed by atoms with Crippen LogP contribution in [0.2, 0.25) is 0 Å². The molecule has 3 fully saturated rings. The SMILES string of the molecule is O=C1CC2CC3CCCC3CCC2O1. The summed E-state index contributed by atoms with van der Waals surface area (Å²) < 4.78 is 5.37. The summed E-state index contributed by atoms with van der Waals surface area (Å²) in [6, 6.07) is 0. The molecule has 4 atom stereocenters. The predicted octanol–water partition coefficient (Wildman–Crippen LogP) is 2.52. The van der Waals surface area contributed by atoms with Crippen molar-refractivity contribution >= 4 is 5.97 Å². The van der Waals surface area contributed by atoms with Crippen LogP contribution >= 0.6 is 0 Å². The van der Waals surface area contributed by atoms with Crippen LogP contribution in [0.25, 0.3) is 0 Å². The summed E-state index contributed by atoms with van der Waals surface area (Å²) in [4.78, 5) is 11.2. The van der Waals surface area contributed by atoms with Crippen molar-refractivity contribution in [1.82, 2.24) is 0 Å². The van der Waals surface area contributed by atoms with Crippen molar-refractivity contribution in [3.8, 4) is 0 Å². The van der Waals surface area contributed by atoms with Crippen LogP contribution in [-0.4, -0.2) is 12.1 Å². The maximum atomic E-state index is 11.2. The van der Waals surface area contributed by atoms with Gasteiger partial charge in [0.2, 0.25) is 0 Å². The molecule has 0 bridgehead atoms. The van der Waals surface area contributed by atoms with E-state index in [1.54, 1.807) is 0 Å². The fourth-order valence-corrected chi connectivity index (χ4v) is 3.76. The molecule has 3 rings (SSSR count). The van der Waals surface area contributed by atoms with Crippen molar-refractivity contribution in [2.75, 3.05) is 0 Å². The van der Waals surface area contributed by atoms with E-state index < -0.39 is 0 Å². The van der Waals surface area contributed by atoms with Gasteiger partial charge in [0.1, 0.15) is 6.10 Å². The lowest BCUT2D eigenvalue weighted by atomic mass is 9.87. The average Bonchev–Trinajstić information content (AvgIpc) is 2.69. The molecule has 3 aliphatic rings. The van der Waals surface area contributed by atoms with E-state index in [9.17, 15) is 4.79 Å². The number of carbonyl (C=O) groups is 1. The first-order chi connectivity index (χ1) is 6.83. The lowest BCUT2D eigenvalue weighted by Crippen LogP contribution is -2.15. The number of hydrogen-bond donors (Lipinski definition) is 0. The highest BCUT2D eigenvalue weighted by Gasteiger charge is 2.41. The van der Waals surface area contributed by atoms with Gasteiger partial charge < -0.3 is 4.74 Å². The molecule has 2 saturated carbocycles. The van der Waals surface area contributed by atoms with E-state index in [0.717, 1.165) is 18.3 Å². The highest BCUT2D eigenvalue weighted by Crippen LogP contribution is 2.45. The maximum absolute atomic E-state index is 11.2. The van der Waals surface area contributed by atoms with Crippen molar-refractivity contribution in [2.45, 2.75) is 51.0 Å². The van der Waals surface area contributed by atoms with Gasteiger partial charge in [0.15, 0.2) is 0 Å². The Morgan fingerprint density at radius 2 is 1.86 bits per heavy atom. The molecule has 1 heterocycles. The van der Waals surface area contributed by atoms with Crippen LogP contribution in [0.5, 0.6) is 0 Å². The van der Waals surface area contributed by atoms with Crippen LogP contribution in [0.15, 0.2) is 0 Å². The van der Waals surface area contributed by atoms with Gasteiger partial charge >= 0.3 is 5.97 Å². The van der Waals surface area contributed by atoms with Gasteiger partial charge in [-0.25, -0.2) is 0 Å². The number of hydrogen-bond acceptors (Lipinski definition) is 2. The van der Waals surface area contributed by atoms with E-state index in [2.05, 4.69) is 0 Å². The third kappa shape index (κ3) is 1.35. The summed E-state index contributed by atoms with van der Waals surface area (Å²) in [5.74, 6) is 2.49. The van der Waals surface area contributed by atoms with E-state index >= 15 is 0 Å². The van der Waals surface area contributed by atoms with Crippen LogP contribution < -0.4 is 0 Å². The van der Waals surface area contributed by atoms with E-state index in [4.69, 9.17) is 4.74 Å². The van der Waals surface area contributed by atoms with Crippen molar-refractivity contribution in [1.29, 1.82) is 0 Å². The van der Waals surface area contributed by atoms with E-state index in [1.807, 2.05) is 0 Å². The fourth-order valence-electron chi connectivity index (χ4n) is 3.76. The molecule has 0 aromatic carbocycles. The zero-order chi connectivity index (χ0) is 9.54. The Morgan fingerprint density at radius 3 is 2.79 bits per heavy atom. The van der Waals surface area contributed by atoms with Gasteiger partial charge in [-0.3, -0.25) is 4.79 Å². The molecule has 0 spiro atoms. The molecule has 0 radical (unpaired) electrons. The molecule has 2 nitrogen and oxygen atoms in total. The van der Waals surface area contributed by atoms with Gasteiger partial charge in [-0.2, -0.15) is 0 Å². The number of ether oxygens (including phenoxy) is 1. The first-order valence-electron chi connectivity index (χ1n) is 6.02. The van der Waals surface area contributed by atoms with Crippen molar-refractivity contribution < 1.29 is 9.53 Å². The van der Waals surface area contributed by atoms with Crippen LogP contribution in [-0.2, 0) is 9.53 Å². The number of esters is 1. The number of fused-ring (bicyclic) bond motifs is 2. The maximum Gasteiger partial charge on any atom is 0.306 e. The van der Waals surface area contributed by atoms with Crippen LogP contribution in [0.3, 0.4) is 0 Å². The topological polar surface area (TPSA) is 26.3 Å². The molecule has 2 heteroatoms. The minimum Gasteiger partial charge on any atom is -0.462 e. The zero-order valence-electron chi connectivity index (χ0n) is 8.58. The van der Waals surface area contributed by atoms with Gasteiger partial charge in [-0.05, 0) is 31.1 Å². The van der Waals surface area contributed by atoms with Crippen molar-refractivity contribution in [3.63, 3.8) is 0 Å². The molecule has 1 saturated heterocycles. The Bertz CT molecular complexity index is 249. The Hall–Kier alpha value is -0.530. The Labute approximate surface area is 85.0 Å². The molecule has 0 aromatic rings. The van der Waals surface area contributed by atoms with E-state index in [-0.39, 0.29) is 12.1 Å². The third-order valence-electron chi connectivity index (χ3n) is 4.48. The molecule has 1 aliphatic heterocycles. The normalized spacial score (nSPS) is 46.7. The van der Waals surface area contributed by atoms with Crippen LogP contribution in [0.4, 0.5) is 0 Å². The molecule has 78 valence electrons. The van der Waals surface area contributed by atoms with Crippen LogP contribution in [0.1, 0.15) is 44.9 Å². The summed E-state index contributed by atoms with van der Waals surface area (Å²) in [6.07, 6.45) is 8.95. The molecular formula is C12H18O2. The summed E-state index contributed by atoms with van der Waals surface area (Å²) in [5.41, 5.74) is 0. The lowest BCUT2D eigenvalue weighted by Gasteiger charge is -2.17. The second-order valence-corrected chi connectivity index (χ2v) is 5.26. The van der Waals surface area contributed by atoms with E-state index in [1.165, 1.54) is 32.1 Å². The second-order valence-electron chi connectivity index (χ2n) is 5.26. The molecular weight excluding hydrogens is 176 g/mol. The molecule has 2 aliphatic carbocycles. The standard InChI is InChI=1S/C12H18O2/c13-12-7-10-6-9-3-1-2-8(9)4-5-11(10)14-12/h8-11H,1-7H2. The zero-order valence-corrected chi connectivity index (χ0v) is 8.58. The average molecular weight is 194 g/mol. The van der Waals surface area contributed by atoms with Gasteiger partial charge in [0.25, 0.3) is 0 Å².